The molecule has 0 fully saturated rings. The van der Waals surface area contributed by atoms with Crippen LogP contribution in [0.1, 0.15) is 29.7 Å². The van der Waals surface area contributed by atoms with Crippen molar-refractivity contribution < 1.29 is 9.47 Å². The third-order valence-electron chi connectivity index (χ3n) is 4.30. The molecule has 2 aromatic rings. The van der Waals surface area contributed by atoms with Crippen molar-refractivity contribution in [2.45, 2.75) is 25.7 Å². The maximum atomic E-state index is 9.60. The molecule has 0 aliphatic heterocycles. The Morgan fingerprint density at radius 3 is 2.57 bits per heavy atom. The van der Waals surface area contributed by atoms with Crippen molar-refractivity contribution in [1.29, 1.82) is 5.26 Å². The lowest BCUT2D eigenvalue weighted by Gasteiger charge is -2.21. The van der Waals surface area contributed by atoms with Crippen molar-refractivity contribution in [3.05, 3.63) is 39.7 Å². The van der Waals surface area contributed by atoms with Gasteiger partial charge in [0.25, 0.3) is 0 Å². The molecular weight excluding hydrogens is 308 g/mol. The van der Waals surface area contributed by atoms with Gasteiger partial charge >= 0.3 is 0 Å². The minimum absolute atomic E-state index is 0.512. The number of nitrogens with one attached hydrogen (secondary N) is 1. The van der Waals surface area contributed by atoms with Gasteiger partial charge in [0, 0.05) is 11.3 Å². The van der Waals surface area contributed by atoms with Crippen LogP contribution in [0.4, 0.5) is 0 Å². The fourth-order valence-corrected chi connectivity index (χ4v) is 3.47. The van der Waals surface area contributed by atoms with Crippen molar-refractivity contribution in [1.82, 2.24) is 4.98 Å². The first-order valence-electron chi connectivity index (χ1n) is 7.60. The quantitative estimate of drug-likeness (QED) is 0.860. The molecule has 0 spiro atoms. The van der Waals surface area contributed by atoms with Gasteiger partial charge in [-0.1, -0.05) is 18.3 Å². The number of ether oxygens (including phenoxy) is 2. The Bertz CT molecular complexity index is 849. The van der Waals surface area contributed by atoms with Crippen LogP contribution in [0.25, 0.3) is 11.1 Å². The number of benzene rings is 1. The number of methoxy groups -OCH3 is 2. The summed E-state index contributed by atoms with van der Waals surface area (Å²) in [5, 5.41) is 9.60. The molecule has 1 N–H and O–H groups in total. The zero-order valence-corrected chi connectivity index (χ0v) is 14.0. The second-order valence-electron chi connectivity index (χ2n) is 5.55. The second kappa shape index (κ2) is 6.43. The van der Waals surface area contributed by atoms with E-state index in [4.69, 9.17) is 21.7 Å². The number of rotatable bonds is 3. The zero-order chi connectivity index (χ0) is 16.4. The summed E-state index contributed by atoms with van der Waals surface area (Å²) in [6, 6.07) is 8.01. The summed E-state index contributed by atoms with van der Waals surface area (Å²) < 4.78 is 11.2. The fourth-order valence-electron chi connectivity index (χ4n) is 3.20. The average Bonchev–Trinajstić information content (AvgIpc) is 2.59. The first-order chi connectivity index (χ1) is 11.2. The van der Waals surface area contributed by atoms with Crippen LogP contribution in [0.2, 0.25) is 0 Å². The molecule has 23 heavy (non-hydrogen) atoms. The van der Waals surface area contributed by atoms with Crippen LogP contribution in [0.5, 0.6) is 11.5 Å². The third kappa shape index (κ3) is 2.71. The van der Waals surface area contributed by atoms with E-state index < -0.39 is 0 Å². The molecule has 1 aromatic heterocycles. The van der Waals surface area contributed by atoms with E-state index >= 15 is 0 Å². The first-order valence-corrected chi connectivity index (χ1v) is 8.01. The number of hydrogen-bond acceptors (Lipinski definition) is 4. The Balaban J connectivity index is 2.29. The summed E-state index contributed by atoms with van der Waals surface area (Å²) in [5.74, 6) is 1.32. The minimum atomic E-state index is 0.512. The van der Waals surface area contributed by atoms with Crippen molar-refractivity contribution in [3.8, 4) is 28.7 Å². The molecule has 1 aromatic carbocycles. The van der Waals surface area contributed by atoms with Gasteiger partial charge in [0.1, 0.15) is 10.7 Å². The summed E-state index contributed by atoms with van der Waals surface area (Å²) in [6.07, 6.45) is 4.21. The lowest BCUT2D eigenvalue weighted by molar-refractivity contribution is 0.355. The Labute approximate surface area is 140 Å². The topological polar surface area (TPSA) is 58.0 Å². The molecule has 0 amide bonds. The van der Waals surface area contributed by atoms with E-state index in [1.807, 2.05) is 18.2 Å². The van der Waals surface area contributed by atoms with Gasteiger partial charge in [-0.25, -0.2) is 0 Å². The van der Waals surface area contributed by atoms with Gasteiger partial charge < -0.3 is 14.5 Å². The number of aromatic amines is 1. The normalized spacial score (nSPS) is 13.1. The molecule has 0 atom stereocenters. The van der Waals surface area contributed by atoms with Crippen LogP contribution in [-0.4, -0.2) is 19.2 Å². The standard InChI is InChI=1S/C18H18N2O2S/c1-21-15-8-7-11(9-16(15)22-2)17-12-5-3-4-6-14(12)20-18(23)13(17)10-19/h7-9H,3-6H2,1-2H3,(H,20,23). The van der Waals surface area contributed by atoms with Gasteiger partial charge in [-0.15, -0.1) is 0 Å². The summed E-state index contributed by atoms with van der Waals surface area (Å²) in [7, 11) is 3.22. The second-order valence-corrected chi connectivity index (χ2v) is 5.96. The van der Waals surface area contributed by atoms with Crippen LogP contribution in [0.15, 0.2) is 18.2 Å². The number of aryl methyl sites for hydroxylation is 1. The van der Waals surface area contributed by atoms with Gasteiger partial charge in [-0.2, -0.15) is 5.26 Å². The van der Waals surface area contributed by atoms with E-state index in [2.05, 4.69) is 11.1 Å². The molecule has 0 bridgehead atoms. The zero-order valence-electron chi connectivity index (χ0n) is 13.2. The third-order valence-corrected chi connectivity index (χ3v) is 4.60. The Kier molecular flexibility index (Phi) is 4.35. The van der Waals surface area contributed by atoms with Gasteiger partial charge in [-0.05, 0) is 48.9 Å². The van der Waals surface area contributed by atoms with Gasteiger partial charge in [-0.3, -0.25) is 0 Å². The molecule has 1 aliphatic rings. The smallest absolute Gasteiger partial charge is 0.161 e. The molecule has 118 valence electrons. The van der Waals surface area contributed by atoms with Gasteiger partial charge in [0.2, 0.25) is 0 Å². The minimum Gasteiger partial charge on any atom is -0.493 e. The van der Waals surface area contributed by atoms with Crippen molar-refractivity contribution >= 4 is 12.2 Å². The summed E-state index contributed by atoms with van der Waals surface area (Å²) in [6.45, 7) is 0. The van der Waals surface area contributed by atoms with Crippen LogP contribution in [0, 0.1) is 16.0 Å². The Morgan fingerprint density at radius 2 is 1.87 bits per heavy atom. The monoisotopic (exact) mass is 326 g/mol. The van der Waals surface area contributed by atoms with Crippen molar-refractivity contribution in [3.63, 3.8) is 0 Å². The highest BCUT2D eigenvalue weighted by atomic mass is 32.1. The highest BCUT2D eigenvalue weighted by Crippen LogP contribution is 2.38. The molecule has 4 nitrogen and oxygen atoms in total. The molecule has 0 saturated carbocycles. The van der Waals surface area contributed by atoms with Crippen LogP contribution in [-0.2, 0) is 12.8 Å². The van der Waals surface area contributed by atoms with Crippen molar-refractivity contribution in [2.24, 2.45) is 0 Å². The number of H-pyrrole nitrogens is 1. The highest BCUT2D eigenvalue weighted by molar-refractivity contribution is 7.71. The summed E-state index contributed by atoms with van der Waals surface area (Å²) >= 11 is 5.40. The summed E-state index contributed by atoms with van der Waals surface area (Å²) in [5.41, 5.74) is 4.77. The van der Waals surface area contributed by atoms with Gasteiger partial charge in [0.15, 0.2) is 11.5 Å². The van der Waals surface area contributed by atoms with Crippen molar-refractivity contribution in [2.75, 3.05) is 14.2 Å². The number of pyridine rings is 1. The Morgan fingerprint density at radius 1 is 1.13 bits per heavy atom. The van der Waals surface area contributed by atoms with E-state index in [1.54, 1.807) is 14.2 Å². The number of nitrogens with zero attached hydrogens (tertiary/aromatic N) is 1. The number of aromatic nitrogens is 1. The molecule has 3 rings (SSSR count). The Hall–Kier alpha value is -2.32. The number of nitriles is 1. The van der Waals surface area contributed by atoms with Crippen LogP contribution < -0.4 is 9.47 Å². The van der Waals surface area contributed by atoms with Crippen LogP contribution >= 0.6 is 12.2 Å². The highest BCUT2D eigenvalue weighted by Gasteiger charge is 2.20. The summed E-state index contributed by atoms with van der Waals surface area (Å²) in [4.78, 5) is 3.24. The molecule has 0 unspecified atom stereocenters. The SMILES string of the molecule is COc1ccc(-c2c3c([nH]c(=S)c2C#N)CCCC3)cc1OC. The van der Waals surface area contributed by atoms with Crippen LogP contribution in [0.3, 0.4) is 0 Å². The largest absolute Gasteiger partial charge is 0.493 e. The van der Waals surface area contributed by atoms with E-state index in [9.17, 15) is 5.26 Å². The van der Waals surface area contributed by atoms with E-state index in [1.165, 1.54) is 5.56 Å². The maximum Gasteiger partial charge on any atom is 0.161 e. The number of fused-ring (bicyclic) bond motifs is 1. The average molecular weight is 326 g/mol. The molecule has 1 heterocycles. The molecule has 0 saturated heterocycles. The predicted octanol–water partition coefficient (Wildman–Crippen LogP) is 4.18. The van der Waals surface area contributed by atoms with E-state index in [0.29, 0.717) is 21.7 Å². The molecular formula is C18H18N2O2S. The van der Waals surface area contributed by atoms with E-state index in [0.717, 1.165) is 42.5 Å². The molecule has 0 radical (unpaired) electrons. The predicted molar refractivity (Wildman–Crippen MR) is 91.5 cm³/mol. The lowest BCUT2D eigenvalue weighted by atomic mass is 9.87. The molecule has 5 heteroatoms. The van der Waals surface area contributed by atoms with Gasteiger partial charge in [0.05, 0.1) is 19.8 Å². The first kappa shape index (κ1) is 15.6. The number of hydrogen-bond donors (Lipinski definition) is 1. The fraction of sp³-hybridized carbons (Fsp3) is 0.333. The lowest BCUT2D eigenvalue weighted by Crippen LogP contribution is -2.09. The molecule has 1 aliphatic carbocycles. The maximum absolute atomic E-state index is 9.60. The van der Waals surface area contributed by atoms with E-state index in [-0.39, 0.29) is 0 Å².